The Hall–Kier alpha value is -1.17. The number of amides is 1. The van der Waals surface area contributed by atoms with Crippen molar-refractivity contribution >= 4 is 5.91 Å². The molecule has 5 heteroatoms. The molecular formula is C30H57NO4. The van der Waals surface area contributed by atoms with Crippen LogP contribution < -0.4 is 5.32 Å². The second kappa shape index (κ2) is 25.9. The van der Waals surface area contributed by atoms with E-state index < -0.39 is 18.2 Å². The van der Waals surface area contributed by atoms with Gasteiger partial charge in [0.15, 0.2) is 0 Å². The molecule has 0 heterocycles. The van der Waals surface area contributed by atoms with Gasteiger partial charge in [0.25, 0.3) is 0 Å². The lowest BCUT2D eigenvalue weighted by atomic mass is 10.0. The number of hydrogen-bond acceptors (Lipinski definition) is 4. The summed E-state index contributed by atoms with van der Waals surface area (Å²) in [5.74, 6) is -0.177. The third-order valence-corrected chi connectivity index (χ3v) is 6.53. The van der Waals surface area contributed by atoms with Gasteiger partial charge in [0.05, 0.1) is 18.8 Å². The average molecular weight is 496 g/mol. The highest BCUT2D eigenvalue weighted by molar-refractivity contribution is 5.76. The van der Waals surface area contributed by atoms with Crippen molar-refractivity contribution in [2.75, 3.05) is 6.61 Å². The van der Waals surface area contributed by atoms with Gasteiger partial charge in [-0.3, -0.25) is 4.79 Å². The van der Waals surface area contributed by atoms with Crippen LogP contribution in [0.3, 0.4) is 0 Å². The van der Waals surface area contributed by atoms with Crippen molar-refractivity contribution in [2.24, 2.45) is 0 Å². The quantitative estimate of drug-likeness (QED) is 0.0833. The summed E-state index contributed by atoms with van der Waals surface area (Å²) in [6.45, 7) is 4.05. The van der Waals surface area contributed by atoms with Crippen LogP contribution in [-0.4, -0.2) is 46.1 Å². The number of allylic oxidation sites excluding steroid dienone is 4. The zero-order valence-electron chi connectivity index (χ0n) is 22.9. The van der Waals surface area contributed by atoms with Crippen molar-refractivity contribution in [1.82, 2.24) is 5.32 Å². The number of rotatable bonds is 25. The van der Waals surface area contributed by atoms with Crippen LogP contribution in [0.15, 0.2) is 24.3 Å². The lowest BCUT2D eigenvalue weighted by Gasteiger charge is -2.26. The second-order valence-corrected chi connectivity index (χ2v) is 9.94. The van der Waals surface area contributed by atoms with Crippen molar-refractivity contribution in [3.63, 3.8) is 0 Å². The summed E-state index contributed by atoms with van der Waals surface area (Å²) in [5.41, 5.74) is 0. The minimum atomic E-state index is -1.16. The molecule has 0 saturated carbocycles. The Morgan fingerprint density at radius 2 is 1.14 bits per heavy atom. The Balaban J connectivity index is 3.85. The van der Waals surface area contributed by atoms with Crippen molar-refractivity contribution < 1.29 is 20.1 Å². The maximum absolute atomic E-state index is 12.2. The number of aliphatic hydroxyl groups is 3. The molecule has 0 aliphatic rings. The van der Waals surface area contributed by atoms with Gasteiger partial charge in [0.1, 0.15) is 6.10 Å². The molecule has 0 saturated heterocycles. The maximum atomic E-state index is 12.2. The van der Waals surface area contributed by atoms with E-state index in [1.54, 1.807) is 0 Å². The van der Waals surface area contributed by atoms with Crippen molar-refractivity contribution in [3.05, 3.63) is 24.3 Å². The minimum Gasteiger partial charge on any atom is -0.394 e. The standard InChI is InChI=1S/C30H57NO4/c1-3-5-7-9-11-13-14-15-16-17-19-21-23-25-29(34)31-27(26-32)30(35)28(33)24-22-20-18-12-10-8-6-4-2/h12,15-16,18,27-28,30,32-33,35H,3-11,13-14,17,19-26H2,1-2H3,(H,31,34)/b16-15-,18-12+. The molecule has 5 nitrogen and oxygen atoms in total. The molecular weight excluding hydrogens is 438 g/mol. The molecule has 0 aliphatic heterocycles. The molecule has 3 unspecified atom stereocenters. The molecule has 1 amide bonds. The summed E-state index contributed by atoms with van der Waals surface area (Å²) < 4.78 is 0. The van der Waals surface area contributed by atoms with E-state index in [9.17, 15) is 20.1 Å². The predicted octanol–water partition coefficient (Wildman–Crippen LogP) is 6.75. The van der Waals surface area contributed by atoms with Gasteiger partial charge in [-0.15, -0.1) is 0 Å². The Kier molecular flexibility index (Phi) is 25.0. The highest BCUT2D eigenvalue weighted by Gasteiger charge is 2.26. The summed E-state index contributed by atoms with van der Waals surface area (Å²) >= 11 is 0. The SMILES string of the molecule is CCCCC/C=C/CCCC(O)C(O)C(CO)NC(=O)CCCCC/C=C\CCCCCCCC. The molecule has 4 N–H and O–H groups in total. The Labute approximate surface area is 216 Å². The van der Waals surface area contributed by atoms with E-state index in [2.05, 4.69) is 43.5 Å². The van der Waals surface area contributed by atoms with Gasteiger partial charge in [-0.05, 0) is 64.2 Å². The molecule has 0 aromatic rings. The molecule has 3 atom stereocenters. The van der Waals surface area contributed by atoms with Crippen LogP contribution in [0.4, 0.5) is 0 Å². The molecule has 0 aromatic carbocycles. The second-order valence-electron chi connectivity index (χ2n) is 9.94. The van der Waals surface area contributed by atoms with Gasteiger partial charge in [0.2, 0.25) is 5.91 Å². The number of unbranched alkanes of at least 4 members (excludes halogenated alkanes) is 13. The van der Waals surface area contributed by atoms with Crippen LogP contribution >= 0.6 is 0 Å². The summed E-state index contributed by atoms with van der Waals surface area (Å²) in [4.78, 5) is 12.2. The minimum absolute atomic E-state index is 0.177. The number of aliphatic hydroxyl groups excluding tert-OH is 3. The molecule has 206 valence electrons. The number of hydrogen-bond donors (Lipinski definition) is 4. The van der Waals surface area contributed by atoms with Crippen LogP contribution in [0, 0.1) is 0 Å². The largest absolute Gasteiger partial charge is 0.394 e. The Morgan fingerprint density at radius 3 is 1.71 bits per heavy atom. The highest BCUT2D eigenvalue weighted by Crippen LogP contribution is 2.11. The summed E-state index contributed by atoms with van der Waals surface area (Å²) in [5, 5.41) is 32.9. The molecule has 0 fully saturated rings. The summed E-state index contributed by atoms with van der Waals surface area (Å²) in [7, 11) is 0. The Morgan fingerprint density at radius 1 is 0.686 bits per heavy atom. The number of carbonyl (C=O) groups is 1. The molecule has 0 spiro atoms. The summed E-state index contributed by atoms with van der Waals surface area (Å²) in [6.07, 6.45) is 27.0. The van der Waals surface area contributed by atoms with E-state index in [0.717, 1.165) is 44.9 Å². The van der Waals surface area contributed by atoms with Crippen molar-refractivity contribution in [3.8, 4) is 0 Å². The molecule has 0 rings (SSSR count). The normalized spacial score (nSPS) is 14.5. The Bertz CT molecular complexity index is 520. The van der Waals surface area contributed by atoms with E-state index in [-0.39, 0.29) is 12.5 Å². The first-order valence-corrected chi connectivity index (χ1v) is 14.6. The molecule has 0 aliphatic carbocycles. The van der Waals surface area contributed by atoms with E-state index >= 15 is 0 Å². The first-order chi connectivity index (χ1) is 17.1. The van der Waals surface area contributed by atoms with Gasteiger partial charge in [-0.25, -0.2) is 0 Å². The number of carbonyl (C=O) groups excluding carboxylic acids is 1. The van der Waals surface area contributed by atoms with Crippen LogP contribution in [0.25, 0.3) is 0 Å². The lowest BCUT2D eigenvalue weighted by Crippen LogP contribution is -2.50. The molecule has 0 aromatic heterocycles. The van der Waals surface area contributed by atoms with Crippen LogP contribution in [0.1, 0.15) is 136 Å². The summed E-state index contributed by atoms with van der Waals surface area (Å²) in [6, 6.07) is -0.827. The van der Waals surface area contributed by atoms with Crippen LogP contribution in [0.2, 0.25) is 0 Å². The predicted molar refractivity (Wildman–Crippen MR) is 148 cm³/mol. The smallest absolute Gasteiger partial charge is 0.220 e. The lowest BCUT2D eigenvalue weighted by molar-refractivity contribution is -0.124. The van der Waals surface area contributed by atoms with Crippen LogP contribution in [-0.2, 0) is 4.79 Å². The van der Waals surface area contributed by atoms with E-state index in [0.29, 0.717) is 12.8 Å². The number of nitrogens with one attached hydrogen (secondary N) is 1. The fourth-order valence-corrected chi connectivity index (χ4v) is 4.15. The van der Waals surface area contributed by atoms with E-state index in [1.165, 1.54) is 64.2 Å². The third-order valence-electron chi connectivity index (χ3n) is 6.53. The topological polar surface area (TPSA) is 89.8 Å². The fourth-order valence-electron chi connectivity index (χ4n) is 4.15. The zero-order valence-corrected chi connectivity index (χ0v) is 22.9. The van der Waals surface area contributed by atoms with Gasteiger partial charge in [-0.2, -0.15) is 0 Å². The molecule has 0 bridgehead atoms. The van der Waals surface area contributed by atoms with Gasteiger partial charge >= 0.3 is 0 Å². The van der Waals surface area contributed by atoms with Gasteiger partial charge in [-0.1, -0.05) is 89.5 Å². The van der Waals surface area contributed by atoms with Crippen molar-refractivity contribution in [1.29, 1.82) is 0 Å². The van der Waals surface area contributed by atoms with Crippen molar-refractivity contribution in [2.45, 2.75) is 154 Å². The molecule has 0 radical (unpaired) electrons. The monoisotopic (exact) mass is 495 g/mol. The zero-order chi connectivity index (χ0) is 26.0. The third kappa shape index (κ3) is 21.8. The van der Waals surface area contributed by atoms with Gasteiger partial charge in [0, 0.05) is 6.42 Å². The first-order valence-electron chi connectivity index (χ1n) is 14.6. The molecule has 35 heavy (non-hydrogen) atoms. The van der Waals surface area contributed by atoms with Crippen LogP contribution in [0.5, 0.6) is 0 Å². The van der Waals surface area contributed by atoms with E-state index in [4.69, 9.17) is 0 Å². The maximum Gasteiger partial charge on any atom is 0.220 e. The fraction of sp³-hybridized carbons (Fsp3) is 0.833. The van der Waals surface area contributed by atoms with Gasteiger partial charge < -0.3 is 20.6 Å². The highest BCUT2D eigenvalue weighted by atomic mass is 16.3. The van der Waals surface area contributed by atoms with E-state index in [1.807, 2.05) is 0 Å². The average Bonchev–Trinajstić information content (AvgIpc) is 2.86. The first kappa shape index (κ1) is 33.8.